The fourth-order valence-corrected chi connectivity index (χ4v) is 2.77. The third-order valence-electron chi connectivity index (χ3n) is 4.25. The number of ether oxygens (including phenoxy) is 4. The molecule has 0 bridgehead atoms. The van der Waals surface area contributed by atoms with Gasteiger partial charge < -0.3 is 35.1 Å². The van der Waals surface area contributed by atoms with E-state index in [1.54, 1.807) is 31.2 Å². The van der Waals surface area contributed by atoms with E-state index >= 15 is 0 Å². The number of rotatable bonds is 8. The molecular weight excluding hydrogens is 412 g/mol. The predicted molar refractivity (Wildman–Crippen MR) is 120 cm³/mol. The molecule has 0 aliphatic heterocycles. The minimum Gasteiger partial charge on any atom is -0.503 e. The van der Waals surface area contributed by atoms with E-state index in [4.69, 9.17) is 24.7 Å². The van der Waals surface area contributed by atoms with E-state index in [0.717, 1.165) is 5.56 Å². The molecule has 4 N–H and O–H groups in total. The van der Waals surface area contributed by atoms with E-state index in [0.29, 0.717) is 34.9 Å². The number of phenolic OH excluding ortho intramolecular Hbond substituents is 1. The van der Waals surface area contributed by atoms with Crippen LogP contribution in [0.5, 0.6) is 28.7 Å². The van der Waals surface area contributed by atoms with Gasteiger partial charge in [0.2, 0.25) is 11.7 Å². The number of hydrogen-bond donors (Lipinski definition) is 3. The first-order valence-electron chi connectivity index (χ1n) is 8.87. The highest BCUT2D eigenvalue weighted by Gasteiger charge is 2.17. The Morgan fingerprint density at radius 1 is 1.00 bits per heavy atom. The van der Waals surface area contributed by atoms with Gasteiger partial charge in [0.25, 0.3) is 0 Å². The SMILES string of the molecule is CCC(=O)Nc1cc(N)c(O)c(OC)c1/C=C\c1cc(OC)c(OC)c(OC)c1.Cl. The Morgan fingerprint density at radius 3 is 2.03 bits per heavy atom. The molecule has 0 aliphatic carbocycles. The normalized spacial score (nSPS) is 10.3. The van der Waals surface area contributed by atoms with Gasteiger partial charge in [0.1, 0.15) is 0 Å². The number of halogens is 1. The lowest BCUT2D eigenvalue weighted by atomic mass is 10.1. The van der Waals surface area contributed by atoms with E-state index in [-0.39, 0.29) is 35.5 Å². The monoisotopic (exact) mass is 438 g/mol. The second-order valence-corrected chi connectivity index (χ2v) is 6.00. The Kier molecular flexibility index (Phi) is 9.14. The van der Waals surface area contributed by atoms with Crippen molar-refractivity contribution in [3.8, 4) is 28.7 Å². The van der Waals surface area contributed by atoms with Crippen LogP contribution in [-0.4, -0.2) is 39.5 Å². The van der Waals surface area contributed by atoms with Crippen molar-refractivity contribution in [3.63, 3.8) is 0 Å². The number of carbonyl (C=O) groups is 1. The number of methoxy groups -OCH3 is 4. The van der Waals surface area contributed by atoms with Crippen molar-refractivity contribution < 1.29 is 28.8 Å². The first-order valence-corrected chi connectivity index (χ1v) is 8.87. The summed E-state index contributed by atoms with van der Waals surface area (Å²) in [5.41, 5.74) is 7.57. The summed E-state index contributed by atoms with van der Waals surface area (Å²) in [6, 6.07) is 5.03. The number of nitrogen functional groups attached to an aromatic ring is 1. The van der Waals surface area contributed by atoms with Crippen molar-refractivity contribution in [3.05, 3.63) is 29.3 Å². The number of phenols is 1. The van der Waals surface area contributed by atoms with Gasteiger partial charge in [0, 0.05) is 12.0 Å². The summed E-state index contributed by atoms with van der Waals surface area (Å²) in [4.78, 5) is 11.9. The van der Waals surface area contributed by atoms with Gasteiger partial charge in [-0.1, -0.05) is 13.0 Å². The Labute approximate surface area is 182 Å². The van der Waals surface area contributed by atoms with Crippen molar-refractivity contribution in [2.45, 2.75) is 13.3 Å². The summed E-state index contributed by atoms with van der Waals surface area (Å²) in [5.74, 6) is 1.23. The van der Waals surface area contributed by atoms with Crippen LogP contribution in [0, 0.1) is 0 Å². The molecule has 9 heteroatoms. The van der Waals surface area contributed by atoms with Crippen LogP contribution in [0.15, 0.2) is 18.2 Å². The highest BCUT2D eigenvalue weighted by molar-refractivity contribution is 5.96. The second-order valence-electron chi connectivity index (χ2n) is 6.00. The average Bonchev–Trinajstić information content (AvgIpc) is 2.73. The van der Waals surface area contributed by atoms with E-state index in [1.165, 1.54) is 34.5 Å². The summed E-state index contributed by atoms with van der Waals surface area (Å²) in [6.07, 6.45) is 3.75. The van der Waals surface area contributed by atoms with Gasteiger partial charge in [-0.15, -0.1) is 12.4 Å². The van der Waals surface area contributed by atoms with Crippen LogP contribution >= 0.6 is 12.4 Å². The number of carbonyl (C=O) groups excluding carboxylic acids is 1. The quantitative estimate of drug-likeness (QED) is 0.247. The van der Waals surface area contributed by atoms with E-state index in [2.05, 4.69) is 5.32 Å². The molecule has 2 aromatic rings. The number of nitrogens with two attached hydrogens (primary N) is 1. The number of benzene rings is 2. The van der Waals surface area contributed by atoms with Gasteiger partial charge in [-0.05, 0) is 29.8 Å². The molecular formula is C21H27ClN2O6. The molecule has 0 atom stereocenters. The molecule has 8 nitrogen and oxygen atoms in total. The van der Waals surface area contributed by atoms with Gasteiger partial charge in [-0.3, -0.25) is 4.79 Å². The third-order valence-corrected chi connectivity index (χ3v) is 4.25. The van der Waals surface area contributed by atoms with Gasteiger partial charge in [-0.25, -0.2) is 0 Å². The first-order chi connectivity index (χ1) is 13.9. The average molecular weight is 439 g/mol. The molecule has 0 aromatic heterocycles. The highest BCUT2D eigenvalue weighted by Crippen LogP contribution is 2.42. The van der Waals surface area contributed by atoms with Gasteiger partial charge in [-0.2, -0.15) is 0 Å². The predicted octanol–water partition coefficient (Wildman–Crippen LogP) is 3.95. The maximum atomic E-state index is 11.9. The largest absolute Gasteiger partial charge is 0.503 e. The van der Waals surface area contributed by atoms with Crippen molar-refractivity contribution >= 4 is 41.8 Å². The van der Waals surface area contributed by atoms with Crippen LogP contribution in [-0.2, 0) is 4.79 Å². The lowest BCUT2D eigenvalue weighted by Gasteiger charge is -2.16. The zero-order valence-corrected chi connectivity index (χ0v) is 18.4. The van der Waals surface area contributed by atoms with Gasteiger partial charge in [0.05, 0.1) is 39.8 Å². The van der Waals surface area contributed by atoms with Crippen LogP contribution in [0.25, 0.3) is 12.2 Å². The smallest absolute Gasteiger partial charge is 0.224 e. The summed E-state index contributed by atoms with van der Waals surface area (Å²) in [7, 11) is 6.01. The van der Waals surface area contributed by atoms with E-state index in [1.807, 2.05) is 0 Å². The fraction of sp³-hybridized carbons (Fsp3) is 0.286. The number of nitrogens with one attached hydrogen (secondary N) is 1. The maximum Gasteiger partial charge on any atom is 0.224 e. The van der Waals surface area contributed by atoms with Crippen LogP contribution in [0.1, 0.15) is 24.5 Å². The molecule has 2 aromatic carbocycles. The van der Waals surface area contributed by atoms with E-state index < -0.39 is 0 Å². The van der Waals surface area contributed by atoms with Crippen LogP contribution in [0.3, 0.4) is 0 Å². The summed E-state index contributed by atoms with van der Waals surface area (Å²) in [5, 5.41) is 13.0. The lowest BCUT2D eigenvalue weighted by molar-refractivity contribution is -0.115. The molecule has 2 rings (SSSR count). The maximum absolute atomic E-state index is 11.9. The zero-order valence-electron chi connectivity index (χ0n) is 17.6. The molecule has 0 fully saturated rings. The molecule has 30 heavy (non-hydrogen) atoms. The molecule has 0 heterocycles. The number of anilines is 2. The molecule has 164 valence electrons. The van der Waals surface area contributed by atoms with Crippen molar-refractivity contribution in [1.82, 2.24) is 0 Å². The highest BCUT2D eigenvalue weighted by atomic mass is 35.5. The van der Waals surface area contributed by atoms with Crippen LogP contribution in [0.2, 0.25) is 0 Å². The summed E-state index contributed by atoms with van der Waals surface area (Å²) < 4.78 is 21.4. The van der Waals surface area contributed by atoms with Crippen molar-refractivity contribution in [2.75, 3.05) is 39.5 Å². The van der Waals surface area contributed by atoms with Crippen LogP contribution < -0.4 is 30.0 Å². The molecule has 0 unspecified atom stereocenters. The Hall–Kier alpha value is -3.26. The molecule has 0 spiro atoms. The molecule has 0 aliphatic rings. The summed E-state index contributed by atoms with van der Waals surface area (Å²) >= 11 is 0. The lowest BCUT2D eigenvalue weighted by Crippen LogP contribution is -2.11. The number of hydrogen-bond acceptors (Lipinski definition) is 7. The minimum atomic E-state index is -0.202. The standard InChI is InChI=1S/C21H26N2O6.ClH/c1-6-18(24)23-15-11-14(22)19(25)20(28-4)13(15)8-7-12-9-16(26-2)21(29-5)17(10-12)27-3;/h7-11,25H,6,22H2,1-5H3,(H,23,24);1H/b8-7-;. The van der Waals surface area contributed by atoms with Gasteiger partial charge in [0.15, 0.2) is 23.0 Å². The molecule has 1 amide bonds. The Morgan fingerprint density at radius 2 is 1.57 bits per heavy atom. The third kappa shape index (κ3) is 5.21. The first kappa shape index (κ1) is 24.8. The number of aromatic hydroxyl groups is 1. The minimum absolute atomic E-state index is 0. The van der Waals surface area contributed by atoms with Crippen LogP contribution in [0.4, 0.5) is 11.4 Å². The van der Waals surface area contributed by atoms with Crippen molar-refractivity contribution in [2.24, 2.45) is 0 Å². The summed E-state index contributed by atoms with van der Waals surface area (Å²) in [6.45, 7) is 1.74. The molecule has 0 saturated heterocycles. The second kappa shape index (κ2) is 11.1. The molecule has 0 saturated carbocycles. The van der Waals surface area contributed by atoms with Gasteiger partial charge >= 0.3 is 0 Å². The zero-order chi connectivity index (χ0) is 21.6. The fourth-order valence-electron chi connectivity index (χ4n) is 2.77. The molecule has 0 radical (unpaired) electrons. The Bertz CT molecular complexity index is 905. The van der Waals surface area contributed by atoms with Crippen molar-refractivity contribution in [1.29, 1.82) is 0 Å². The van der Waals surface area contributed by atoms with E-state index in [9.17, 15) is 9.90 Å². The topological polar surface area (TPSA) is 112 Å². The number of amides is 1. The Balaban J connectivity index is 0.00000450.